The molecule has 8 heteroatoms. The van der Waals surface area contributed by atoms with Gasteiger partial charge in [0.25, 0.3) is 0 Å². The largest absolute Gasteiger partial charge is 0.484 e. The number of rotatable bonds is 4. The number of nitrogens with zero attached hydrogens (tertiary/aromatic N) is 1. The number of aliphatic hydroxyl groups is 1. The molecule has 5 nitrogen and oxygen atoms in total. The average molecular weight is 346 g/mol. The molecule has 134 valence electrons. The van der Waals surface area contributed by atoms with Gasteiger partial charge in [-0.05, 0) is 49.4 Å². The summed E-state index contributed by atoms with van der Waals surface area (Å²) in [4.78, 5) is 13.9. The fourth-order valence-electron chi connectivity index (χ4n) is 2.65. The van der Waals surface area contributed by atoms with E-state index in [1.54, 1.807) is 17.9 Å². The maximum absolute atomic E-state index is 12.2. The van der Waals surface area contributed by atoms with Crippen molar-refractivity contribution in [3.8, 4) is 5.75 Å². The molecule has 24 heavy (non-hydrogen) atoms. The quantitative estimate of drug-likeness (QED) is 0.880. The number of anilines is 1. The summed E-state index contributed by atoms with van der Waals surface area (Å²) >= 11 is 0. The molecule has 1 aromatic rings. The van der Waals surface area contributed by atoms with Crippen molar-refractivity contribution < 1.29 is 27.8 Å². The lowest BCUT2D eigenvalue weighted by Gasteiger charge is -2.31. The topological polar surface area (TPSA) is 61.8 Å². The first kappa shape index (κ1) is 18.4. The van der Waals surface area contributed by atoms with Crippen molar-refractivity contribution in [2.45, 2.75) is 25.9 Å². The maximum atomic E-state index is 12.2. The number of aryl methyl sites for hydroxylation is 1. The maximum Gasteiger partial charge on any atom is 0.422 e. The second-order valence-corrected chi connectivity index (χ2v) is 5.95. The molecule has 0 spiro atoms. The van der Waals surface area contributed by atoms with Gasteiger partial charge in [-0.3, -0.25) is 0 Å². The lowest BCUT2D eigenvalue weighted by molar-refractivity contribution is -0.153. The molecular formula is C16H21F3N2O3. The van der Waals surface area contributed by atoms with Gasteiger partial charge in [-0.15, -0.1) is 0 Å². The zero-order valence-electron chi connectivity index (χ0n) is 13.4. The van der Waals surface area contributed by atoms with Crippen molar-refractivity contribution in [2.75, 3.05) is 31.6 Å². The Morgan fingerprint density at radius 1 is 1.46 bits per heavy atom. The molecule has 1 atom stereocenters. The van der Waals surface area contributed by atoms with E-state index < -0.39 is 12.8 Å². The lowest BCUT2D eigenvalue weighted by Crippen LogP contribution is -2.43. The van der Waals surface area contributed by atoms with Crippen LogP contribution in [0.15, 0.2) is 18.2 Å². The number of halogens is 3. The summed E-state index contributed by atoms with van der Waals surface area (Å²) in [5.74, 6) is 0.216. The smallest absolute Gasteiger partial charge is 0.422 e. The summed E-state index contributed by atoms with van der Waals surface area (Å²) in [6, 6.07) is 4.20. The molecule has 1 aliphatic rings. The van der Waals surface area contributed by atoms with E-state index in [1.165, 1.54) is 12.1 Å². The van der Waals surface area contributed by atoms with Gasteiger partial charge in [0.2, 0.25) is 0 Å². The second kappa shape index (κ2) is 7.74. The van der Waals surface area contributed by atoms with Crippen molar-refractivity contribution in [2.24, 2.45) is 5.92 Å². The van der Waals surface area contributed by atoms with Gasteiger partial charge in [0, 0.05) is 25.4 Å². The number of aliphatic hydroxyl groups excluding tert-OH is 1. The van der Waals surface area contributed by atoms with Crippen LogP contribution in [0.25, 0.3) is 0 Å². The third kappa shape index (κ3) is 5.30. The first-order valence-electron chi connectivity index (χ1n) is 7.75. The standard InChI is InChI=1S/C16H21F3N2O3/c1-11-7-13(4-5-14(11)24-10-16(17,18)19)20-15(23)21-6-2-3-12(8-21)9-22/h4-5,7,12,22H,2-3,6,8-10H2,1H3,(H,20,23). The van der Waals surface area contributed by atoms with Crippen LogP contribution >= 0.6 is 0 Å². The van der Waals surface area contributed by atoms with E-state index in [0.717, 1.165) is 12.8 Å². The van der Waals surface area contributed by atoms with Gasteiger partial charge in [-0.2, -0.15) is 13.2 Å². The molecule has 1 heterocycles. The predicted octanol–water partition coefficient (Wildman–Crippen LogP) is 3.17. The van der Waals surface area contributed by atoms with Crippen molar-refractivity contribution in [3.05, 3.63) is 23.8 Å². The van der Waals surface area contributed by atoms with Crippen LogP contribution in [0.1, 0.15) is 18.4 Å². The highest BCUT2D eigenvalue weighted by atomic mass is 19.4. The van der Waals surface area contributed by atoms with E-state index in [9.17, 15) is 23.1 Å². The third-order valence-electron chi connectivity index (χ3n) is 3.88. The van der Waals surface area contributed by atoms with Gasteiger partial charge in [-0.25, -0.2) is 4.79 Å². The molecule has 1 aromatic carbocycles. The Bertz CT molecular complexity index is 578. The number of hydrogen-bond acceptors (Lipinski definition) is 3. The van der Waals surface area contributed by atoms with Crippen LogP contribution in [-0.2, 0) is 0 Å². The average Bonchev–Trinajstić information content (AvgIpc) is 2.53. The first-order chi connectivity index (χ1) is 11.3. The van der Waals surface area contributed by atoms with Crippen LogP contribution in [0.2, 0.25) is 0 Å². The van der Waals surface area contributed by atoms with Gasteiger partial charge in [0.15, 0.2) is 6.61 Å². The zero-order chi connectivity index (χ0) is 17.7. The Kier molecular flexibility index (Phi) is 5.93. The molecule has 2 amide bonds. The zero-order valence-corrected chi connectivity index (χ0v) is 13.4. The number of nitrogens with one attached hydrogen (secondary N) is 1. The van der Waals surface area contributed by atoms with E-state index in [-0.39, 0.29) is 24.3 Å². The van der Waals surface area contributed by atoms with Crippen LogP contribution < -0.4 is 10.1 Å². The molecule has 0 aromatic heterocycles. The third-order valence-corrected chi connectivity index (χ3v) is 3.88. The van der Waals surface area contributed by atoms with E-state index in [0.29, 0.717) is 24.3 Å². The summed E-state index contributed by atoms with van der Waals surface area (Å²) in [5, 5.41) is 11.9. The van der Waals surface area contributed by atoms with Gasteiger partial charge in [0.05, 0.1) is 0 Å². The number of carbonyl (C=O) groups excluding carboxylic acids is 1. The van der Waals surface area contributed by atoms with Crippen LogP contribution in [0.3, 0.4) is 0 Å². The number of carbonyl (C=O) groups is 1. The summed E-state index contributed by atoms with van der Waals surface area (Å²) in [5.41, 5.74) is 0.993. The number of urea groups is 1. The van der Waals surface area contributed by atoms with Gasteiger partial charge < -0.3 is 20.1 Å². The number of amides is 2. The summed E-state index contributed by atoms with van der Waals surface area (Å²) in [6.45, 7) is 1.43. The number of alkyl halides is 3. The molecule has 1 aliphatic heterocycles. The Morgan fingerprint density at radius 3 is 2.83 bits per heavy atom. The lowest BCUT2D eigenvalue weighted by atomic mass is 9.99. The van der Waals surface area contributed by atoms with Crippen LogP contribution in [0.5, 0.6) is 5.75 Å². The number of likely N-dealkylation sites (tertiary alicyclic amines) is 1. The first-order valence-corrected chi connectivity index (χ1v) is 7.75. The number of benzene rings is 1. The molecule has 1 unspecified atom stereocenters. The van der Waals surface area contributed by atoms with Crippen molar-refractivity contribution in [3.63, 3.8) is 0 Å². The molecule has 0 radical (unpaired) electrons. The number of hydrogen-bond donors (Lipinski definition) is 2. The normalized spacial score (nSPS) is 18.4. The van der Waals surface area contributed by atoms with Crippen molar-refractivity contribution in [1.82, 2.24) is 4.90 Å². The molecule has 2 rings (SSSR count). The minimum absolute atomic E-state index is 0.0497. The van der Waals surface area contributed by atoms with Crippen molar-refractivity contribution in [1.29, 1.82) is 0 Å². The Hall–Kier alpha value is -1.96. The van der Waals surface area contributed by atoms with Gasteiger partial charge in [0.1, 0.15) is 5.75 Å². The van der Waals surface area contributed by atoms with E-state index >= 15 is 0 Å². The second-order valence-electron chi connectivity index (χ2n) is 5.95. The highest BCUT2D eigenvalue weighted by Crippen LogP contribution is 2.25. The fraction of sp³-hybridized carbons (Fsp3) is 0.562. The minimum Gasteiger partial charge on any atom is -0.484 e. The monoisotopic (exact) mass is 346 g/mol. The van der Waals surface area contributed by atoms with Crippen LogP contribution in [-0.4, -0.2) is 48.5 Å². The van der Waals surface area contributed by atoms with E-state index in [1.807, 2.05) is 0 Å². The van der Waals surface area contributed by atoms with E-state index in [2.05, 4.69) is 5.32 Å². The molecule has 0 aliphatic carbocycles. The molecule has 0 saturated carbocycles. The molecule has 0 bridgehead atoms. The summed E-state index contributed by atoms with van der Waals surface area (Å²) in [6.07, 6.45) is -2.66. The Morgan fingerprint density at radius 2 is 2.21 bits per heavy atom. The molecule has 2 N–H and O–H groups in total. The predicted molar refractivity (Wildman–Crippen MR) is 83.1 cm³/mol. The molecule has 1 fully saturated rings. The summed E-state index contributed by atoms with van der Waals surface area (Å²) < 4.78 is 41.3. The molecular weight excluding hydrogens is 325 g/mol. The van der Waals surface area contributed by atoms with Gasteiger partial charge in [-0.1, -0.05) is 0 Å². The summed E-state index contributed by atoms with van der Waals surface area (Å²) in [7, 11) is 0. The van der Waals surface area contributed by atoms with Gasteiger partial charge >= 0.3 is 12.2 Å². The van der Waals surface area contributed by atoms with Crippen molar-refractivity contribution >= 4 is 11.7 Å². The Labute approximate surface area is 138 Å². The fourth-order valence-corrected chi connectivity index (χ4v) is 2.65. The highest BCUT2D eigenvalue weighted by molar-refractivity contribution is 5.89. The molecule has 1 saturated heterocycles. The van der Waals surface area contributed by atoms with Crippen LogP contribution in [0.4, 0.5) is 23.7 Å². The SMILES string of the molecule is Cc1cc(NC(=O)N2CCCC(CO)C2)ccc1OCC(F)(F)F. The highest BCUT2D eigenvalue weighted by Gasteiger charge is 2.28. The number of ether oxygens (including phenoxy) is 1. The van der Waals surface area contributed by atoms with E-state index in [4.69, 9.17) is 4.74 Å². The minimum atomic E-state index is -4.39. The van der Waals surface area contributed by atoms with Crippen LogP contribution in [0, 0.1) is 12.8 Å². The number of piperidine rings is 1. The Balaban J connectivity index is 1.95.